The minimum atomic E-state index is -0.954. The molecule has 1 saturated carbocycles. The Kier molecular flexibility index (Phi) is 5.47. The molecular weight excluding hydrogens is 402 g/mol. The van der Waals surface area contributed by atoms with Gasteiger partial charge in [0.05, 0.1) is 18.4 Å². The van der Waals surface area contributed by atoms with E-state index in [1.54, 1.807) is 6.92 Å². The van der Waals surface area contributed by atoms with Gasteiger partial charge in [0.25, 0.3) is 0 Å². The van der Waals surface area contributed by atoms with Gasteiger partial charge >= 0.3 is 11.9 Å². The molecule has 1 fully saturated rings. The van der Waals surface area contributed by atoms with Gasteiger partial charge in [-0.05, 0) is 37.7 Å². The quantitative estimate of drug-likeness (QED) is 0.530. The smallest absolute Gasteiger partial charge is 0.341 e. The molecule has 2 N–H and O–H groups in total. The highest BCUT2D eigenvalue weighted by Gasteiger charge is 2.51. The van der Waals surface area contributed by atoms with Crippen LogP contribution in [0.5, 0.6) is 0 Å². The number of carbonyl (C=O) groups excluding carboxylic acids is 2. The molecule has 2 aliphatic rings. The zero-order valence-corrected chi connectivity index (χ0v) is 17.6. The zero-order valence-electron chi connectivity index (χ0n) is 16.8. The summed E-state index contributed by atoms with van der Waals surface area (Å²) in [7, 11) is 0. The largest absolute Gasteiger partial charge is 0.481 e. The summed E-state index contributed by atoms with van der Waals surface area (Å²) < 4.78 is 5.27. The van der Waals surface area contributed by atoms with E-state index in [4.69, 9.17) is 4.74 Å². The van der Waals surface area contributed by atoms with Crippen LogP contribution in [0.1, 0.15) is 28.6 Å². The van der Waals surface area contributed by atoms with Crippen LogP contribution in [0.15, 0.2) is 42.5 Å². The second kappa shape index (κ2) is 8.07. The number of thiophene rings is 1. The summed E-state index contributed by atoms with van der Waals surface area (Å²) in [4.78, 5) is 38.6. The molecule has 4 atom stereocenters. The number of anilines is 1. The molecule has 1 amide bonds. The van der Waals surface area contributed by atoms with Crippen molar-refractivity contribution in [3.63, 3.8) is 0 Å². The Morgan fingerprint density at radius 1 is 1.13 bits per heavy atom. The van der Waals surface area contributed by atoms with Gasteiger partial charge in [0.15, 0.2) is 0 Å². The third-order valence-corrected chi connectivity index (χ3v) is 6.93. The normalized spacial score (nSPS) is 24.1. The van der Waals surface area contributed by atoms with E-state index in [9.17, 15) is 19.5 Å². The Hall–Kier alpha value is -2.93. The first-order valence-electron chi connectivity index (χ1n) is 10.00. The molecule has 2 aromatic rings. The molecule has 1 aromatic carbocycles. The fraction of sp³-hybridized carbons (Fsp3) is 0.348. The lowest BCUT2D eigenvalue weighted by atomic mass is 9.82. The average molecular weight is 426 g/mol. The molecule has 1 heterocycles. The Labute approximate surface area is 178 Å². The molecule has 0 spiro atoms. The minimum absolute atomic E-state index is 0.0863. The Morgan fingerprint density at radius 3 is 2.43 bits per heavy atom. The van der Waals surface area contributed by atoms with Crippen molar-refractivity contribution in [3.05, 3.63) is 52.9 Å². The minimum Gasteiger partial charge on any atom is -0.481 e. The summed E-state index contributed by atoms with van der Waals surface area (Å²) in [6, 6.07) is 9.49. The Balaban J connectivity index is 1.71. The van der Waals surface area contributed by atoms with Crippen LogP contribution >= 0.6 is 11.3 Å². The number of rotatable bonds is 6. The van der Waals surface area contributed by atoms with Crippen molar-refractivity contribution in [1.82, 2.24) is 0 Å². The molecule has 2 bridgehead atoms. The van der Waals surface area contributed by atoms with E-state index in [1.165, 1.54) is 11.3 Å². The fourth-order valence-electron chi connectivity index (χ4n) is 4.69. The lowest BCUT2D eigenvalue weighted by Gasteiger charge is -2.23. The number of nitrogens with one attached hydrogen (secondary N) is 1. The number of esters is 1. The molecule has 1 aromatic heterocycles. The molecule has 30 heavy (non-hydrogen) atoms. The van der Waals surface area contributed by atoms with Crippen LogP contribution < -0.4 is 5.32 Å². The lowest BCUT2D eigenvalue weighted by Crippen LogP contribution is -2.36. The van der Waals surface area contributed by atoms with E-state index in [1.807, 2.05) is 49.4 Å². The summed E-state index contributed by atoms with van der Waals surface area (Å²) >= 11 is 1.31. The third kappa shape index (κ3) is 3.43. The third-order valence-electron chi connectivity index (χ3n) is 5.91. The highest BCUT2D eigenvalue weighted by molar-refractivity contribution is 7.17. The summed E-state index contributed by atoms with van der Waals surface area (Å²) in [6.07, 6.45) is 4.52. The van der Waals surface area contributed by atoms with Gasteiger partial charge < -0.3 is 15.2 Å². The summed E-state index contributed by atoms with van der Waals surface area (Å²) in [5, 5.41) is 12.9. The van der Waals surface area contributed by atoms with Crippen molar-refractivity contribution in [2.24, 2.45) is 23.7 Å². The molecule has 0 radical (unpaired) electrons. The van der Waals surface area contributed by atoms with Crippen molar-refractivity contribution in [3.8, 4) is 11.1 Å². The first kappa shape index (κ1) is 20.3. The predicted molar refractivity (Wildman–Crippen MR) is 114 cm³/mol. The number of benzene rings is 1. The summed E-state index contributed by atoms with van der Waals surface area (Å²) in [5.74, 6) is -3.39. The Bertz CT molecular complexity index is 1030. The SMILES string of the molecule is CCOC(=O)c1c(NC(=O)C2C3C=CC(C3)C2C(=O)O)sc(C)c1-c1ccccc1. The maximum absolute atomic E-state index is 13.2. The number of aliphatic carboxylic acids is 1. The fourth-order valence-corrected chi connectivity index (χ4v) is 5.76. The van der Waals surface area contributed by atoms with Crippen molar-refractivity contribution >= 4 is 34.2 Å². The van der Waals surface area contributed by atoms with Crippen LogP contribution in [-0.2, 0) is 14.3 Å². The second-order valence-electron chi connectivity index (χ2n) is 7.65. The van der Waals surface area contributed by atoms with Gasteiger partial charge in [-0.3, -0.25) is 9.59 Å². The van der Waals surface area contributed by atoms with Crippen molar-refractivity contribution in [2.75, 3.05) is 11.9 Å². The van der Waals surface area contributed by atoms with Gasteiger partial charge in [0.1, 0.15) is 10.6 Å². The Morgan fingerprint density at radius 2 is 1.80 bits per heavy atom. The summed E-state index contributed by atoms with van der Waals surface area (Å²) in [5.41, 5.74) is 1.92. The monoisotopic (exact) mass is 425 g/mol. The first-order valence-corrected chi connectivity index (χ1v) is 10.8. The zero-order chi connectivity index (χ0) is 21.4. The van der Waals surface area contributed by atoms with E-state index in [0.717, 1.165) is 16.0 Å². The number of fused-ring (bicyclic) bond motifs is 2. The number of carboxylic acid groups (broad SMARTS) is 1. The van der Waals surface area contributed by atoms with Crippen LogP contribution in [0.25, 0.3) is 11.1 Å². The highest BCUT2D eigenvalue weighted by Crippen LogP contribution is 2.49. The number of hydrogen-bond acceptors (Lipinski definition) is 5. The number of carboxylic acids is 1. The van der Waals surface area contributed by atoms with Gasteiger partial charge in [-0.1, -0.05) is 42.5 Å². The average Bonchev–Trinajstić information content (AvgIpc) is 3.41. The molecule has 4 unspecified atom stereocenters. The van der Waals surface area contributed by atoms with E-state index < -0.39 is 23.8 Å². The maximum Gasteiger partial charge on any atom is 0.341 e. The van der Waals surface area contributed by atoms with Crippen LogP contribution in [0.3, 0.4) is 0 Å². The van der Waals surface area contributed by atoms with Crippen molar-refractivity contribution in [1.29, 1.82) is 0 Å². The van der Waals surface area contributed by atoms with Crippen molar-refractivity contribution < 1.29 is 24.2 Å². The number of allylic oxidation sites excluding steroid dienone is 2. The van der Waals surface area contributed by atoms with Gasteiger partial charge in [0, 0.05) is 10.4 Å². The molecule has 7 heteroatoms. The molecule has 156 valence electrons. The number of ether oxygens (including phenoxy) is 1. The predicted octanol–water partition coefficient (Wildman–Crippen LogP) is 4.36. The molecule has 0 saturated heterocycles. The second-order valence-corrected chi connectivity index (χ2v) is 8.88. The standard InChI is InChI=1S/C23H23NO5S/c1-3-29-23(28)19-16(13-7-5-4-6-8-13)12(2)30-21(19)24-20(25)17-14-9-10-15(11-14)18(17)22(26)27/h4-10,14-15,17-18H,3,11H2,1-2H3,(H,24,25)(H,26,27). The summed E-state index contributed by atoms with van der Waals surface area (Å²) in [6.45, 7) is 3.84. The molecular formula is C23H23NO5S. The first-order chi connectivity index (χ1) is 14.4. The van der Waals surface area contributed by atoms with Gasteiger partial charge in [0.2, 0.25) is 5.91 Å². The van der Waals surface area contributed by atoms with E-state index in [-0.39, 0.29) is 24.3 Å². The lowest BCUT2D eigenvalue weighted by molar-refractivity contribution is -0.146. The van der Waals surface area contributed by atoms with Crippen molar-refractivity contribution in [2.45, 2.75) is 20.3 Å². The van der Waals surface area contributed by atoms with Crippen LogP contribution in [0, 0.1) is 30.6 Å². The van der Waals surface area contributed by atoms with Gasteiger partial charge in [-0.2, -0.15) is 0 Å². The van der Waals surface area contributed by atoms with Gasteiger partial charge in [-0.25, -0.2) is 4.79 Å². The van der Waals surface area contributed by atoms with E-state index in [2.05, 4.69) is 5.32 Å². The number of aryl methyl sites for hydroxylation is 1. The number of amides is 1. The molecule has 4 rings (SSSR count). The van der Waals surface area contributed by atoms with E-state index in [0.29, 0.717) is 17.0 Å². The van der Waals surface area contributed by atoms with Crippen LogP contribution in [0.2, 0.25) is 0 Å². The van der Waals surface area contributed by atoms with E-state index >= 15 is 0 Å². The van der Waals surface area contributed by atoms with Crippen LogP contribution in [-0.4, -0.2) is 29.6 Å². The topological polar surface area (TPSA) is 92.7 Å². The van der Waals surface area contributed by atoms with Crippen LogP contribution in [0.4, 0.5) is 5.00 Å². The molecule has 0 aliphatic heterocycles. The molecule has 6 nitrogen and oxygen atoms in total. The maximum atomic E-state index is 13.2. The van der Waals surface area contributed by atoms with Gasteiger partial charge in [-0.15, -0.1) is 11.3 Å². The number of hydrogen-bond donors (Lipinski definition) is 2. The highest BCUT2D eigenvalue weighted by atomic mass is 32.1. The molecule has 2 aliphatic carbocycles. The number of carbonyl (C=O) groups is 3.